The Morgan fingerprint density at radius 1 is 0.889 bits per heavy atom. The zero-order valence-corrected chi connectivity index (χ0v) is 21.0. The zero-order valence-electron chi connectivity index (χ0n) is 21.0. The Kier molecular flexibility index (Phi) is 9.33. The second-order valence-corrected chi connectivity index (χ2v) is 7.58. The summed E-state index contributed by atoms with van der Waals surface area (Å²) in [6.07, 6.45) is 3.12. The van der Waals surface area contributed by atoms with Gasteiger partial charge in [0, 0.05) is 36.6 Å². The SMILES string of the molecule is COc1ccc(Nc2cc(C)nc(NCCNC(=O)/C=C/c3cc(OC)c(OC)c(OC)c3)n2)cc1. The molecule has 3 rings (SSSR count). The first-order valence-electron chi connectivity index (χ1n) is 11.2. The highest BCUT2D eigenvalue weighted by atomic mass is 16.5. The Balaban J connectivity index is 1.52. The number of aromatic nitrogens is 2. The normalized spacial score (nSPS) is 10.6. The molecule has 0 saturated carbocycles. The van der Waals surface area contributed by atoms with Crippen LogP contribution in [0, 0.1) is 6.92 Å². The summed E-state index contributed by atoms with van der Waals surface area (Å²) >= 11 is 0. The Hall–Kier alpha value is -4.47. The van der Waals surface area contributed by atoms with Gasteiger partial charge in [0.2, 0.25) is 17.6 Å². The lowest BCUT2D eigenvalue weighted by molar-refractivity contribution is -0.116. The monoisotopic (exact) mass is 493 g/mol. The predicted octanol–water partition coefficient (Wildman–Crippen LogP) is 3.80. The minimum absolute atomic E-state index is 0.238. The largest absolute Gasteiger partial charge is 0.497 e. The molecule has 1 heterocycles. The number of nitrogens with one attached hydrogen (secondary N) is 3. The number of hydrogen-bond acceptors (Lipinski definition) is 9. The van der Waals surface area contributed by atoms with Crippen LogP contribution in [0.4, 0.5) is 17.5 Å². The molecule has 3 aromatic rings. The van der Waals surface area contributed by atoms with E-state index in [9.17, 15) is 4.79 Å². The van der Waals surface area contributed by atoms with Crippen molar-refractivity contribution in [3.05, 3.63) is 59.8 Å². The molecule has 2 aromatic carbocycles. The molecule has 0 atom stereocenters. The van der Waals surface area contributed by atoms with Gasteiger partial charge in [0.05, 0.1) is 28.4 Å². The summed E-state index contributed by atoms with van der Waals surface area (Å²) in [5.41, 5.74) is 2.43. The fourth-order valence-corrected chi connectivity index (χ4v) is 3.32. The number of rotatable bonds is 12. The highest BCUT2D eigenvalue weighted by Gasteiger charge is 2.12. The number of carbonyl (C=O) groups excluding carboxylic acids is 1. The molecule has 3 N–H and O–H groups in total. The van der Waals surface area contributed by atoms with Crippen molar-refractivity contribution in [2.24, 2.45) is 0 Å². The second-order valence-electron chi connectivity index (χ2n) is 7.58. The van der Waals surface area contributed by atoms with Crippen molar-refractivity contribution >= 4 is 29.4 Å². The first kappa shape index (κ1) is 26.1. The van der Waals surface area contributed by atoms with Gasteiger partial charge in [-0.25, -0.2) is 4.98 Å². The summed E-state index contributed by atoms with van der Waals surface area (Å²) in [5, 5.41) is 9.21. The van der Waals surface area contributed by atoms with Crippen LogP contribution in [0.3, 0.4) is 0 Å². The molecule has 0 saturated heterocycles. The molecule has 0 aliphatic carbocycles. The smallest absolute Gasteiger partial charge is 0.244 e. The van der Waals surface area contributed by atoms with Crippen molar-refractivity contribution in [2.45, 2.75) is 6.92 Å². The molecular weight excluding hydrogens is 462 g/mol. The Morgan fingerprint density at radius 2 is 1.58 bits per heavy atom. The molecule has 0 aliphatic heterocycles. The third kappa shape index (κ3) is 7.26. The van der Waals surface area contributed by atoms with Crippen LogP contribution in [-0.4, -0.2) is 57.4 Å². The van der Waals surface area contributed by atoms with E-state index in [-0.39, 0.29) is 5.91 Å². The summed E-state index contributed by atoms with van der Waals surface area (Å²) in [7, 11) is 6.25. The summed E-state index contributed by atoms with van der Waals surface area (Å²) in [6, 6.07) is 12.9. The number of anilines is 3. The van der Waals surface area contributed by atoms with Crippen molar-refractivity contribution in [1.29, 1.82) is 0 Å². The molecule has 1 amide bonds. The van der Waals surface area contributed by atoms with E-state index < -0.39 is 0 Å². The maximum Gasteiger partial charge on any atom is 0.244 e. The Morgan fingerprint density at radius 3 is 2.19 bits per heavy atom. The highest BCUT2D eigenvalue weighted by molar-refractivity contribution is 5.91. The molecule has 190 valence electrons. The fourth-order valence-electron chi connectivity index (χ4n) is 3.32. The van der Waals surface area contributed by atoms with Crippen molar-refractivity contribution in [2.75, 3.05) is 52.2 Å². The number of aryl methyl sites for hydroxylation is 1. The van der Waals surface area contributed by atoms with Gasteiger partial charge in [0.25, 0.3) is 0 Å². The number of methoxy groups -OCH3 is 4. The number of benzene rings is 2. The predicted molar refractivity (Wildman–Crippen MR) is 140 cm³/mol. The lowest BCUT2D eigenvalue weighted by Gasteiger charge is -2.12. The summed E-state index contributed by atoms with van der Waals surface area (Å²) in [5.74, 6) is 3.19. The minimum atomic E-state index is -0.238. The van der Waals surface area contributed by atoms with Gasteiger partial charge in [-0.05, 0) is 55.0 Å². The van der Waals surface area contributed by atoms with Gasteiger partial charge in [-0.1, -0.05) is 0 Å². The van der Waals surface area contributed by atoms with Gasteiger partial charge in [-0.3, -0.25) is 4.79 Å². The maximum absolute atomic E-state index is 12.3. The summed E-state index contributed by atoms with van der Waals surface area (Å²) < 4.78 is 21.2. The topological polar surface area (TPSA) is 116 Å². The first-order chi connectivity index (χ1) is 17.4. The molecule has 0 bridgehead atoms. The lowest BCUT2D eigenvalue weighted by atomic mass is 10.1. The van der Waals surface area contributed by atoms with Crippen LogP contribution in [-0.2, 0) is 4.79 Å². The van der Waals surface area contributed by atoms with Crippen molar-refractivity contribution in [1.82, 2.24) is 15.3 Å². The van der Waals surface area contributed by atoms with Crippen molar-refractivity contribution in [3.8, 4) is 23.0 Å². The van der Waals surface area contributed by atoms with E-state index in [0.29, 0.717) is 42.1 Å². The average molecular weight is 494 g/mol. The molecule has 0 unspecified atom stereocenters. The van der Waals surface area contributed by atoms with Gasteiger partial charge >= 0.3 is 0 Å². The van der Waals surface area contributed by atoms with Crippen LogP contribution in [0.5, 0.6) is 23.0 Å². The van der Waals surface area contributed by atoms with Crippen molar-refractivity contribution < 1.29 is 23.7 Å². The maximum atomic E-state index is 12.3. The van der Waals surface area contributed by atoms with E-state index in [4.69, 9.17) is 18.9 Å². The van der Waals surface area contributed by atoms with Gasteiger partial charge in [-0.2, -0.15) is 4.98 Å². The summed E-state index contributed by atoms with van der Waals surface area (Å²) in [4.78, 5) is 21.1. The van der Waals surface area contributed by atoms with E-state index in [0.717, 1.165) is 22.7 Å². The third-order valence-electron chi connectivity index (χ3n) is 5.04. The standard InChI is InChI=1S/C26H31N5O5/c1-17-14-23(30-19-7-9-20(33-2)10-8-19)31-26(29-17)28-13-12-27-24(32)11-6-18-15-21(34-3)25(36-5)22(16-18)35-4/h6-11,14-16H,12-13H2,1-5H3,(H,27,32)(H2,28,29,30,31)/b11-6+. The van der Waals surface area contributed by atoms with Gasteiger partial charge < -0.3 is 34.9 Å². The molecular formula is C26H31N5O5. The molecule has 0 radical (unpaired) electrons. The molecule has 0 fully saturated rings. The van der Waals surface area contributed by atoms with Gasteiger partial charge in [0.1, 0.15) is 11.6 Å². The quantitative estimate of drug-likeness (QED) is 0.256. The lowest BCUT2D eigenvalue weighted by Crippen LogP contribution is -2.27. The first-order valence-corrected chi connectivity index (χ1v) is 11.2. The number of nitrogens with zero attached hydrogens (tertiary/aromatic N) is 2. The van der Waals surface area contributed by atoms with E-state index >= 15 is 0 Å². The molecule has 1 aromatic heterocycles. The fraction of sp³-hybridized carbons (Fsp3) is 0.269. The number of ether oxygens (including phenoxy) is 4. The van der Waals surface area contributed by atoms with Gasteiger partial charge in [0.15, 0.2) is 11.5 Å². The van der Waals surface area contributed by atoms with Crippen LogP contribution in [0.1, 0.15) is 11.3 Å². The Labute approximate surface area is 210 Å². The molecule has 10 heteroatoms. The third-order valence-corrected chi connectivity index (χ3v) is 5.04. The zero-order chi connectivity index (χ0) is 25.9. The van der Waals surface area contributed by atoms with Crippen LogP contribution < -0.4 is 34.9 Å². The van der Waals surface area contributed by atoms with Crippen LogP contribution >= 0.6 is 0 Å². The number of carbonyl (C=O) groups is 1. The minimum Gasteiger partial charge on any atom is -0.497 e. The number of hydrogen-bond donors (Lipinski definition) is 3. The van der Waals surface area contributed by atoms with E-state index in [2.05, 4.69) is 25.9 Å². The van der Waals surface area contributed by atoms with E-state index in [1.165, 1.54) is 13.2 Å². The van der Waals surface area contributed by atoms with E-state index in [1.807, 2.05) is 37.3 Å². The second kappa shape index (κ2) is 12.8. The van der Waals surface area contributed by atoms with Crippen LogP contribution in [0.2, 0.25) is 0 Å². The summed E-state index contributed by atoms with van der Waals surface area (Å²) in [6.45, 7) is 2.73. The average Bonchev–Trinajstić information content (AvgIpc) is 2.89. The molecule has 10 nitrogen and oxygen atoms in total. The molecule has 36 heavy (non-hydrogen) atoms. The molecule has 0 spiro atoms. The van der Waals surface area contributed by atoms with Crippen LogP contribution in [0.15, 0.2) is 48.5 Å². The van der Waals surface area contributed by atoms with Gasteiger partial charge in [-0.15, -0.1) is 0 Å². The van der Waals surface area contributed by atoms with E-state index in [1.54, 1.807) is 39.5 Å². The highest BCUT2D eigenvalue weighted by Crippen LogP contribution is 2.38. The Bertz CT molecular complexity index is 1170. The van der Waals surface area contributed by atoms with Crippen LogP contribution in [0.25, 0.3) is 6.08 Å². The molecule has 0 aliphatic rings. The van der Waals surface area contributed by atoms with Crippen molar-refractivity contribution in [3.63, 3.8) is 0 Å². The number of amides is 1.